The summed E-state index contributed by atoms with van der Waals surface area (Å²) < 4.78 is 4.80. The molecule has 0 saturated heterocycles. The molecule has 2 aliphatic carbocycles. The number of hydrogen-bond acceptors (Lipinski definition) is 0. The molecule has 248 valence electrons. The fraction of sp³-hybridized carbons (Fsp3) is 0.0588. The third kappa shape index (κ3) is 3.77. The fourth-order valence-corrected chi connectivity index (χ4v) is 9.95. The number of allylic oxidation sites excluding steroid dienone is 1. The first-order valence-corrected chi connectivity index (χ1v) is 18.6. The van der Waals surface area contributed by atoms with Crippen LogP contribution < -0.4 is 0 Å². The van der Waals surface area contributed by atoms with Crippen LogP contribution in [0.15, 0.2) is 170 Å². The molecule has 0 saturated carbocycles. The summed E-state index contributed by atoms with van der Waals surface area (Å²) in [5.41, 5.74) is 18.1. The van der Waals surface area contributed by atoms with Gasteiger partial charge in [-0.2, -0.15) is 0 Å². The van der Waals surface area contributed by atoms with Crippen molar-refractivity contribution in [3.8, 4) is 22.5 Å². The van der Waals surface area contributed by atoms with E-state index in [1.165, 1.54) is 98.9 Å². The summed E-state index contributed by atoms with van der Waals surface area (Å²) in [5, 5.41) is 7.82. The summed E-state index contributed by atoms with van der Waals surface area (Å²) >= 11 is 0. The van der Waals surface area contributed by atoms with Gasteiger partial charge in [0.2, 0.25) is 0 Å². The van der Waals surface area contributed by atoms with Crippen LogP contribution in [-0.4, -0.2) is 9.13 Å². The highest BCUT2D eigenvalue weighted by Gasteiger charge is 2.43. The van der Waals surface area contributed by atoms with Crippen LogP contribution in [-0.2, 0) is 5.41 Å². The number of hydrogen-bond donors (Lipinski definition) is 0. The summed E-state index contributed by atoms with van der Waals surface area (Å²) in [7, 11) is 0. The van der Waals surface area contributed by atoms with E-state index < -0.39 is 0 Å². The Hall–Kier alpha value is -6.64. The molecule has 0 spiro atoms. The molecule has 53 heavy (non-hydrogen) atoms. The highest BCUT2D eigenvalue weighted by atomic mass is 15.0. The van der Waals surface area contributed by atoms with Crippen molar-refractivity contribution in [1.82, 2.24) is 9.13 Å². The highest BCUT2D eigenvalue weighted by molar-refractivity contribution is 6.22. The Labute approximate surface area is 307 Å². The van der Waals surface area contributed by atoms with Crippen LogP contribution in [0, 0.1) is 0 Å². The average molecular weight is 675 g/mol. The van der Waals surface area contributed by atoms with Crippen molar-refractivity contribution in [2.75, 3.05) is 0 Å². The van der Waals surface area contributed by atoms with Gasteiger partial charge in [-0.1, -0.05) is 123 Å². The summed E-state index contributed by atoms with van der Waals surface area (Å²) in [6.07, 6.45) is 0. The lowest BCUT2D eigenvalue weighted by molar-refractivity contribution is 0.705. The Morgan fingerprint density at radius 2 is 0.906 bits per heavy atom. The Kier molecular flexibility index (Phi) is 5.60. The van der Waals surface area contributed by atoms with E-state index in [4.69, 9.17) is 0 Å². The molecule has 0 bridgehead atoms. The summed E-state index contributed by atoms with van der Waals surface area (Å²) in [6, 6.07) is 63.1. The number of fused-ring (bicyclic) bond motifs is 10. The van der Waals surface area contributed by atoms with Crippen molar-refractivity contribution in [2.24, 2.45) is 0 Å². The number of rotatable bonds is 3. The summed E-state index contributed by atoms with van der Waals surface area (Å²) in [4.78, 5) is 0. The van der Waals surface area contributed by atoms with Gasteiger partial charge >= 0.3 is 0 Å². The molecule has 2 aliphatic rings. The molecule has 2 aromatic heterocycles. The molecular weight excluding hydrogens is 641 g/mol. The fourth-order valence-electron chi connectivity index (χ4n) is 9.95. The molecule has 0 amide bonds. The van der Waals surface area contributed by atoms with Gasteiger partial charge in [0.1, 0.15) is 0 Å². The molecule has 12 rings (SSSR count). The second kappa shape index (κ2) is 10.2. The van der Waals surface area contributed by atoms with E-state index in [-0.39, 0.29) is 5.41 Å². The largest absolute Gasteiger partial charge is 0.309 e. The van der Waals surface area contributed by atoms with Crippen molar-refractivity contribution in [1.29, 1.82) is 0 Å². The van der Waals surface area contributed by atoms with Gasteiger partial charge in [0.05, 0.1) is 22.1 Å². The number of para-hydroxylation sites is 3. The molecule has 2 heteroatoms. The van der Waals surface area contributed by atoms with Gasteiger partial charge < -0.3 is 9.13 Å². The summed E-state index contributed by atoms with van der Waals surface area (Å²) in [6.45, 7) is 4.80. The standard InChI is InChI=1S/C51H34N2/c1-51(2)43-27-21-32(30-42(43)49-39-16-9-11-31-12-10-17-40(48(31)39)50(49)51)33-22-28-47-41(29-33)38-15-5-8-20-46(38)53(47)35-25-23-34(24-26-35)52-44-18-6-3-13-36(44)37-14-4-7-19-45(37)52/h3-30H,1-2H3. The van der Waals surface area contributed by atoms with Crippen LogP contribution in [0.4, 0.5) is 0 Å². The highest BCUT2D eigenvalue weighted by Crippen LogP contribution is 2.59. The topological polar surface area (TPSA) is 9.86 Å². The van der Waals surface area contributed by atoms with Gasteiger partial charge in [0.15, 0.2) is 0 Å². The number of benzene rings is 8. The lowest BCUT2D eigenvalue weighted by atomic mass is 9.78. The minimum atomic E-state index is -0.0645. The zero-order chi connectivity index (χ0) is 35.0. The second-order valence-electron chi connectivity index (χ2n) is 15.3. The van der Waals surface area contributed by atoms with E-state index in [0.29, 0.717) is 0 Å². The Balaban J connectivity index is 0.991. The molecule has 8 aromatic carbocycles. The number of nitrogens with zero attached hydrogens (tertiary/aromatic N) is 2. The molecule has 0 fully saturated rings. The quantitative estimate of drug-likeness (QED) is 0.177. The van der Waals surface area contributed by atoms with Crippen molar-refractivity contribution >= 4 is 65.5 Å². The minimum absolute atomic E-state index is 0.0645. The molecule has 2 nitrogen and oxygen atoms in total. The molecule has 0 N–H and O–H groups in total. The summed E-state index contributed by atoms with van der Waals surface area (Å²) in [5.74, 6) is 0. The van der Waals surface area contributed by atoms with Crippen LogP contribution >= 0.6 is 0 Å². The normalized spacial score (nSPS) is 14.3. The Morgan fingerprint density at radius 3 is 1.53 bits per heavy atom. The Morgan fingerprint density at radius 1 is 0.396 bits per heavy atom. The average Bonchev–Trinajstić information content (AvgIpc) is 3.90. The predicted octanol–water partition coefficient (Wildman–Crippen LogP) is 13.3. The SMILES string of the molecule is CC1(C)C2=C(c3cc(-c4ccc5c(c4)c4ccccc4n5-c4ccc(-n5c6ccccc6c6ccccc65)cc4)ccc31)c1cccc3cccc2c13. The van der Waals surface area contributed by atoms with E-state index in [0.717, 1.165) is 11.4 Å². The first kappa shape index (κ1) is 29.0. The lowest BCUT2D eigenvalue weighted by Crippen LogP contribution is -2.16. The Bertz CT molecular complexity index is 3180. The molecule has 0 radical (unpaired) electrons. The van der Waals surface area contributed by atoms with Crippen molar-refractivity contribution < 1.29 is 0 Å². The maximum atomic E-state index is 2.46. The molecule has 10 aromatic rings. The van der Waals surface area contributed by atoms with E-state index in [2.05, 4.69) is 193 Å². The van der Waals surface area contributed by atoms with Crippen LogP contribution in [0.25, 0.3) is 88.0 Å². The van der Waals surface area contributed by atoms with Gasteiger partial charge in [-0.05, 0) is 116 Å². The zero-order valence-electron chi connectivity index (χ0n) is 29.6. The van der Waals surface area contributed by atoms with Crippen LogP contribution in [0.3, 0.4) is 0 Å². The van der Waals surface area contributed by atoms with Crippen LogP contribution in [0.2, 0.25) is 0 Å². The van der Waals surface area contributed by atoms with E-state index >= 15 is 0 Å². The molecule has 0 unspecified atom stereocenters. The first-order chi connectivity index (χ1) is 26.1. The predicted molar refractivity (Wildman–Crippen MR) is 223 cm³/mol. The van der Waals surface area contributed by atoms with Gasteiger partial charge in [0.25, 0.3) is 0 Å². The minimum Gasteiger partial charge on any atom is -0.309 e. The molecular formula is C51H34N2. The van der Waals surface area contributed by atoms with Gasteiger partial charge in [-0.15, -0.1) is 0 Å². The maximum Gasteiger partial charge on any atom is 0.0541 e. The third-order valence-electron chi connectivity index (χ3n) is 12.2. The van der Waals surface area contributed by atoms with Gasteiger partial charge in [-0.3, -0.25) is 0 Å². The van der Waals surface area contributed by atoms with E-state index in [9.17, 15) is 0 Å². The van der Waals surface area contributed by atoms with Gasteiger partial charge in [-0.25, -0.2) is 0 Å². The van der Waals surface area contributed by atoms with Crippen molar-refractivity contribution in [3.05, 3.63) is 192 Å². The lowest BCUT2D eigenvalue weighted by Gasteiger charge is -2.25. The molecule has 2 heterocycles. The first-order valence-electron chi connectivity index (χ1n) is 18.6. The molecule has 0 aliphatic heterocycles. The third-order valence-corrected chi connectivity index (χ3v) is 12.2. The molecule has 0 atom stereocenters. The van der Waals surface area contributed by atoms with E-state index in [1.807, 2.05) is 0 Å². The second-order valence-corrected chi connectivity index (χ2v) is 15.3. The smallest absolute Gasteiger partial charge is 0.0541 e. The van der Waals surface area contributed by atoms with Crippen molar-refractivity contribution in [3.63, 3.8) is 0 Å². The van der Waals surface area contributed by atoms with Crippen molar-refractivity contribution in [2.45, 2.75) is 19.3 Å². The maximum absolute atomic E-state index is 2.46. The monoisotopic (exact) mass is 674 g/mol. The van der Waals surface area contributed by atoms with Gasteiger partial charge in [0, 0.05) is 38.3 Å². The number of aromatic nitrogens is 2. The van der Waals surface area contributed by atoms with E-state index in [1.54, 1.807) is 0 Å². The zero-order valence-corrected chi connectivity index (χ0v) is 29.6. The van der Waals surface area contributed by atoms with Crippen LogP contribution in [0.5, 0.6) is 0 Å². The van der Waals surface area contributed by atoms with Crippen LogP contribution in [0.1, 0.15) is 36.1 Å².